The molecule has 0 aromatic carbocycles. The Morgan fingerprint density at radius 1 is 1.67 bits per heavy atom. The summed E-state index contributed by atoms with van der Waals surface area (Å²) in [5, 5.41) is 9.78. The summed E-state index contributed by atoms with van der Waals surface area (Å²) in [6.45, 7) is 4.81. The van der Waals surface area contributed by atoms with E-state index in [1.165, 1.54) is 0 Å². The second-order valence-corrected chi connectivity index (χ2v) is 4.56. The molecule has 4 atom stereocenters. The Bertz CT molecular complexity index is 256. The monoisotopic (exact) mass is 213 g/mol. The lowest BCUT2D eigenvalue weighted by Crippen LogP contribution is -2.41. The second kappa shape index (κ2) is 4.10. The number of ether oxygens (including phenoxy) is 1. The van der Waals surface area contributed by atoms with Crippen molar-refractivity contribution in [2.45, 2.75) is 51.5 Å². The molecule has 0 aromatic heterocycles. The summed E-state index contributed by atoms with van der Waals surface area (Å²) < 4.78 is 5.34. The summed E-state index contributed by atoms with van der Waals surface area (Å²) in [6.07, 6.45) is 2.07. The van der Waals surface area contributed by atoms with Crippen molar-refractivity contribution >= 4 is 5.97 Å². The molecule has 0 bridgehead atoms. The van der Waals surface area contributed by atoms with Crippen molar-refractivity contribution < 1.29 is 14.6 Å². The first-order valence-electron chi connectivity index (χ1n) is 5.79. The SMILES string of the molecule is CCC(O)C(C)C1OC(=O)[C@@H]2CCCN12. The van der Waals surface area contributed by atoms with Crippen molar-refractivity contribution in [1.29, 1.82) is 0 Å². The first kappa shape index (κ1) is 10.9. The number of cyclic esters (lactones) is 1. The van der Waals surface area contributed by atoms with Crippen LogP contribution in [-0.2, 0) is 9.53 Å². The molecule has 0 radical (unpaired) electrons. The molecule has 1 N–H and O–H groups in total. The van der Waals surface area contributed by atoms with E-state index in [4.69, 9.17) is 4.74 Å². The maximum absolute atomic E-state index is 11.5. The van der Waals surface area contributed by atoms with E-state index in [1.807, 2.05) is 13.8 Å². The maximum atomic E-state index is 11.5. The topological polar surface area (TPSA) is 49.8 Å². The van der Waals surface area contributed by atoms with Gasteiger partial charge in [-0.1, -0.05) is 13.8 Å². The Balaban J connectivity index is 2.07. The molecule has 0 aromatic rings. The summed E-state index contributed by atoms with van der Waals surface area (Å²) in [7, 11) is 0. The largest absolute Gasteiger partial charge is 0.445 e. The molecule has 2 rings (SSSR count). The highest BCUT2D eigenvalue weighted by molar-refractivity contribution is 5.78. The number of aliphatic hydroxyl groups is 1. The van der Waals surface area contributed by atoms with Crippen LogP contribution in [0.25, 0.3) is 0 Å². The number of aliphatic hydroxyl groups excluding tert-OH is 1. The van der Waals surface area contributed by atoms with E-state index in [-0.39, 0.29) is 30.3 Å². The van der Waals surface area contributed by atoms with Crippen molar-refractivity contribution in [3.05, 3.63) is 0 Å². The zero-order valence-corrected chi connectivity index (χ0v) is 9.35. The molecule has 4 heteroatoms. The normalized spacial score (nSPS) is 35.0. The third-order valence-electron chi connectivity index (χ3n) is 3.61. The Kier molecular flexibility index (Phi) is 2.98. The van der Waals surface area contributed by atoms with Crippen LogP contribution in [0.15, 0.2) is 0 Å². The third-order valence-corrected chi connectivity index (χ3v) is 3.61. The van der Waals surface area contributed by atoms with Gasteiger partial charge >= 0.3 is 5.97 Å². The average molecular weight is 213 g/mol. The molecule has 3 unspecified atom stereocenters. The van der Waals surface area contributed by atoms with E-state index in [0.29, 0.717) is 6.42 Å². The number of nitrogens with zero attached hydrogens (tertiary/aromatic N) is 1. The minimum absolute atomic E-state index is 0.00190. The number of carbonyl (C=O) groups excluding carboxylic acids is 1. The van der Waals surface area contributed by atoms with Crippen molar-refractivity contribution in [3.8, 4) is 0 Å². The molecule has 4 nitrogen and oxygen atoms in total. The summed E-state index contributed by atoms with van der Waals surface area (Å²) in [6, 6.07) is -0.0403. The fraction of sp³-hybridized carbons (Fsp3) is 0.909. The van der Waals surface area contributed by atoms with Gasteiger partial charge in [-0.2, -0.15) is 0 Å². The minimum Gasteiger partial charge on any atom is -0.445 e. The lowest BCUT2D eigenvalue weighted by molar-refractivity contribution is -0.147. The molecule has 2 heterocycles. The molecule has 2 saturated heterocycles. The van der Waals surface area contributed by atoms with Gasteiger partial charge in [0, 0.05) is 12.5 Å². The highest BCUT2D eigenvalue weighted by atomic mass is 16.6. The summed E-state index contributed by atoms with van der Waals surface area (Å²) in [5.74, 6) is -0.102. The van der Waals surface area contributed by atoms with Crippen LogP contribution in [0.1, 0.15) is 33.1 Å². The predicted molar refractivity (Wildman–Crippen MR) is 55.1 cm³/mol. The maximum Gasteiger partial charge on any atom is 0.325 e. The number of carbonyl (C=O) groups is 1. The molecular weight excluding hydrogens is 194 g/mol. The molecular formula is C11H19NO3. The zero-order valence-electron chi connectivity index (χ0n) is 9.35. The predicted octanol–water partition coefficient (Wildman–Crippen LogP) is 0.741. The average Bonchev–Trinajstić information content (AvgIpc) is 2.80. The van der Waals surface area contributed by atoms with Gasteiger partial charge in [-0.05, 0) is 19.3 Å². The van der Waals surface area contributed by atoms with Gasteiger partial charge in [0.2, 0.25) is 0 Å². The van der Waals surface area contributed by atoms with Crippen molar-refractivity contribution in [3.63, 3.8) is 0 Å². The van der Waals surface area contributed by atoms with Crippen molar-refractivity contribution in [2.75, 3.05) is 6.54 Å². The van der Waals surface area contributed by atoms with Crippen LogP contribution in [0, 0.1) is 5.92 Å². The van der Waals surface area contributed by atoms with Gasteiger partial charge in [-0.25, -0.2) is 0 Å². The molecule has 0 saturated carbocycles. The third kappa shape index (κ3) is 1.76. The fourth-order valence-corrected chi connectivity index (χ4v) is 2.58. The van der Waals surface area contributed by atoms with E-state index >= 15 is 0 Å². The van der Waals surface area contributed by atoms with Gasteiger partial charge in [0.1, 0.15) is 6.04 Å². The van der Waals surface area contributed by atoms with Crippen LogP contribution in [0.3, 0.4) is 0 Å². The molecule has 2 aliphatic heterocycles. The van der Waals surface area contributed by atoms with Gasteiger partial charge in [0.05, 0.1) is 6.10 Å². The standard InChI is InChI=1S/C11H19NO3/c1-3-9(13)7(2)10-12-6-4-5-8(12)11(14)15-10/h7-10,13H,3-6H2,1-2H3/t7?,8-,9?,10?/m0/s1. The van der Waals surface area contributed by atoms with Crippen LogP contribution >= 0.6 is 0 Å². The molecule has 0 spiro atoms. The van der Waals surface area contributed by atoms with Crippen molar-refractivity contribution in [2.24, 2.45) is 5.92 Å². The van der Waals surface area contributed by atoms with Crippen molar-refractivity contribution in [1.82, 2.24) is 4.90 Å². The quantitative estimate of drug-likeness (QED) is 0.703. The zero-order chi connectivity index (χ0) is 11.0. The first-order chi connectivity index (χ1) is 7.15. The van der Waals surface area contributed by atoms with E-state index in [9.17, 15) is 9.90 Å². The molecule has 0 aliphatic carbocycles. The first-order valence-corrected chi connectivity index (χ1v) is 5.79. The Morgan fingerprint density at radius 2 is 2.40 bits per heavy atom. The highest BCUT2D eigenvalue weighted by Gasteiger charge is 2.47. The number of esters is 1. The van der Waals surface area contributed by atoms with E-state index in [1.54, 1.807) is 0 Å². The lowest BCUT2D eigenvalue weighted by Gasteiger charge is -2.28. The highest BCUT2D eigenvalue weighted by Crippen LogP contribution is 2.33. The molecule has 86 valence electrons. The number of rotatable bonds is 3. The summed E-state index contributed by atoms with van der Waals surface area (Å²) in [5.41, 5.74) is 0. The summed E-state index contributed by atoms with van der Waals surface area (Å²) in [4.78, 5) is 13.6. The Morgan fingerprint density at radius 3 is 3.07 bits per heavy atom. The van der Waals surface area contributed by atoms with Crippen LogP contribution in [-0.4, -0.2) is 40.9 Å². The van der Waals surface area contributed by atoms with Gasteiger partial charge in [0.15, 0.2) is 6.23 Å². The molecule has 0 amide bonds. The van der Waals surface area contributed by atoms with Crippen LogP contribution in [0.2, 0.25) is 0 Å². The van der Waals surface area contributed by atoms with Gasteiger partial charge in [-0.3, -0.25) is 9.69 Å². The second-order valence-electron chi connectivity index (χ2n) is 4.56. The van der Waals surface area contributed by atoms with Gasteiger partial charge < -0.3 is 9.84 Å². The minimum atomic E-state index is -0.387. The van der Waals surface area contributed by atoms with Gasteiger partial charge in [-0.15, -0.1) is 0 Å². The Labute approximate surface area is 90.2 Å². The molecule has 15 heavy (non-hydrogen) atoms. The van der Waals surface area contributed by atoms with Crippen LogP contribution in [0.4, 0.5) is 0 Å². The van der Waals surface area contributed by atoms with E-state index < -0.39 is 0 Å². The van der Waals surface area contributed by atoms with E-state index in [2.05, 4.69) is 4.90 Å². The lowest BCUT2D eigenvalue weighted by atomic mass is 10.00. The van der Waals surface area contributed by atoms with E-state index in [0.717, 1.165) is 19.4 Å². The molecule has 2 aliphatic rings. The molecule has 2 fully saturated rings. The number of hydrogen-bond donors (Lipinski definition) is 1. The summed E-state index contributed by atoms with van der Waals surface area (Å²) >= 11 is 0. The number of hydrogen-bond acceptors (Lipinski definition) is 4. The van der Waals surface area contributed by atoms with Gasteiger partial charge in [0.25, 0.3) is 0 Å². The Hall–Kier alpha value is -0.610. The van der Waals surface area contributed by atoms with Crippen LogP contribution < -0.4 is 0 Å². The fourth-order valence-electron chi connectivity index (χ4n) is 2.58. The smallest absolute Gasteiger partial charge is 0.325 e. The number of fused-ring (bicyclic) bond motifs is 1. The van der Waals surface area contributed by atoms with Crippen LogP contribution in [0.5, 0.6) is 0 Å².